The van der Waals surface area contributed by atoms with Crippen molar-refractivity contribution in [3.8, 4) is 17.0 Å². The average molecular weight is 418 g/mol. The predicted molar refractivity (Wildman–Crippen MR) is 117 cm³/mol. The van der Waals surface area contributed by atoms with Crippen LogP contribution < -0.4 is 4.74 Å². The Bertz CT molecular complexity index is 1200. The minimum Gasteiger partial charge on any atom is -0.497 e. The van der Waals surface area contributed by atoms with E-state index in [1.165, 1.54) is 12.1 Å². The number of rotatable bonds is 6. The third kappa shape index (κ3) is 3.99. The summed E-state index contributed by atoms with van der Waals surface area (Å²) in [5.41, 5.74) is 3.51. The molecule has 0 aliphatic rings. The van der Waals surface area contributed by atoms with Crippen LogP contribution in [-0.4, -0.2) is 39.6 Å². The van der Waals surface area contributed by atoms with Crippen molar-refractivity contribution in [2.75, 3.05) is 14.2 Å². The molecule has 2 aromatic heterocycles. The van der Waals surface area contributed by atoms with Crippen LogP contribution in [0.15, 0.2) is 66.9 Å². The van der Waals surface area contributed by atoms with E-state index in [4.69, 9.17) is 4.74 Å². The Balaban J connectivity index is 1.67. The van der Waals surface area contributed by atoms with Crippen LogP contribution in [-0.2, 0) is 0 Å². The zero-order chi connectivity index (χ0) is 22.0. The van der Waals surface area contributed by atoms with Gasteiger partial charge in [0.15, 0.2) is 11.3 Å². The molecule has 158 valence electrons. The lowest BCUT2D eigenvalue weighted by atomic mass is 10.0. The first kappa shape index (κ1) is 20.5. The van der Waals surface area contributed by atoms with Crippen molar-refractivity contribution in [2.24, 2.45) is 0 Å². The number of carbonyl (C=O) groups excluding carboxylic acids is 1. The number of amides is 1. The van der Waals surface area contributed by atoms with Gasteiger partial charge in [-0.3, -0.25) is 4.79 Å². The van der Waals surface area contributed by atoms with Crippen molar-refractivity contribution < 1.29 is 13.9 Å². The van der Waals surface area contributed by atoms with E-state index >= 15 is 0 Å². The van der Waals surface area contributed by atoms with Gasteiger partial charge in [-0.1, -0.05) is 19.1 Å². The van der Waals surface area contributed by atoms with Crippen LogP contribution in [0.5, 0.6) is 5.75 Å². The average Bonchev–Trinajstić information content (AvgIpc) is 3.24. The Kier molecular flexibility index (Phi) is 5.66. The van der Waals surface area contributed by atoms with Crippen LogP contribution in [0.3, 0.4) is 0 Å². The summed E-state index contributed by atoms with van der Waals surface area (Å²) < 4.78 is 20.2. The normalized spacial score (nSPS) is 12.0. The molecule has 2 heterocycles. The Morgan fingerprint density at radius 2 is 1.84 bits per heavy atom. The third-order valence-electron chi connectivity index (χ3n) is 5.39. The molecule has 2 aromatic carbocycles. The lowest BCUT2D eigenvalue weighted by molar-refractivity contribution is 0.0720. The Labute approximate surface area is 179 Å². The summed E-state index contributed by atoms with van der Waals surface area (Å²) in [5.74, 6) is 0.242. The molecule has 0 bridgehead atoms. The Morgan fingerprint density at radius 1 is 1.13 bits per heavy atom. The summed E-state index contributed by atoms with van der Waals surface area (Å²) in [4.78, 5) is 19.2. The second kappa shape index (κ2) is 8.55. The number of hydrogen-bond donors (Lipinski definition) is 0. The van der Waals surface area contributed by atoms with Crippen LogP contribution in [0.25, 0.3) is 16.9 Å². The summed E-state index contributed by atoms with van der Waals surface area (Å²) in [6, 6.07) is 17.2. The molecule has 0 aliphatic carbocycles. The van der Waals surface area contributed by atoms with Gasteiger partial charge in [0.2, 0.25) is 0 Å². The number of halogens is 1. The highest BCUT2D eigenvalue weighted by Crippen LogP contribution is 2.26. The zero-order valence-electron chi connectivity index (χ0n) is 17.6. The lowest BCUT2D eigenvalue weighted by Gasteiger charge is -2.27. The molecule has 4 aromatic rings. The van der Waals surface area contributed by atoms with E-state index in [0.29, 0.717) is 17.8 Å². The van der Waals surface area contributed by atoms with Gasteiger partial charge in [0.25, 0.3) is 5.91 Å². The topological polar surface area (TPSA) is 59.7 Å². The maximum atomic E-state index is 13.3. The highest BCUT2D eigenvalue weighted by molar-refractivity contribution is 5.93. The Hall–Kier alpha value is -3.74. The van der Waals surface area contributed by atoms with Gasteiger partial charge >= 0.3 is 0 Å². The molecule has 0 N–H and O–H groups in total. The molecule has 31 heavy (non-hydrogen) atoms. The molecule has 1 atom stereocenters. The lowest BCUT2D eigenvalue weighted by Crippen LogP contribution is -2.31. The highest BCUT2D eigenvalue weighted by Gasteiger charge is 2.24. The van der Waals surface area contributed by atoms with Gasteiger partial charge in [-0.15, -0.1) is 0 Å². The van der Waals surface area contributed by atoms with Gasteiger partial charge in [0.05, 0.1) is 18.8 Å². The molecule has 7 heteroatoms. The molecular weight excluding hydrogens is 395 g/mol. The van der Waals surface area contributed by atoms with Crippen LogP contribution in [0, 0.1) is 5.82 Å². The smallest absolute Gasteiger partial charge is 0.274 e. The molecular formula is C24H23FN4O2. The highest BCUT2D eigenvalue weighted by atomic mass is 19.1. The number of aromatic nitrogens is 3. The van der Waals surface area contributed by atoms with E-state index in [1.807, 2.05) is 37.3 Å². The third-order valence-corrected chi connectivity index (χ3v) is 5.39. The first-order valence-corrected chi connectivity index (χ1v) is 10.0. The van der Waals surface area contributed by atoms with Gasteiger partial charge in [-0.05, 0) is 54.4 Å². The molecule has 0 saturated heterocycles. The van der Waals surface area contributed by atoms with Crippen LogP contribution in [0.4, 0.5) is 4.39 Å². The number of nitrogens with zero attached hydrogens (tertiary/aromatic N) is 4. The second-order valence-electron chi connectivity index (χ2n) is 7.25. The van der Waals surface area contributed by atoms with Crippen LogP contribution >= 0.6 is 0 Å². The van der Waals surface area contributed by atoms with E-state index in [0.717, 1.165) is 22.6 Å². The SMILES string of the molecule is CC[C@@H](c1ccc(F)cc1)N(C)C(=O)c1cc2nccc(-c3ccc(OC)cc3)n2n1. The first-order chi connectivity index (χ1) is 15.0. The van der Waals surface area contributed by atoms with Crippen molar-refractivity contribution >= 4 is 11.6 Å². The summed E-state index contributed by atoms with van der Waals surface area (Å²) in [7, 11) is 3.36. The Morgan fingerprint density at radius 3 is 2.48 bits per heavy atom. The fraction of sp³-hybridized carbons (Fsp3) is 0.208. The van der Waals surface area contributed by atoms with Crippen molar-refractivity contribution in [3.05, 3.63) is 83.9 Å². The summed E-state index contributed by atoms with van der Waals surface area (Å²) >= 11 is 0. The summed E-state index contributed by atoms with van der Waals surface area (Å²) in [6.45, 7) is 1.99. The van der Waals surface area contributed by atoms with Crippen LogP contribution in [0.1, 0.15) is 35.4 Å². The molecule has 0 spiro atoms. The largest absolute Gasteiger partial charge is 0.497 e. The quantitative estimate of drug-likeness (QED) is 0.453. The molecule has 1 amide bonds. The molecule has 6 nitrogen and oxygen atoms in total. The standard InChI is InChI=1S/C24H23FN4O2/c1-4-21(16-5-9-18(25)10-6-16)28(2)24(30)20-15-23-26-14-13-22(29(23)27-20)17-7-11-19(31-3)12-8-17/h5-15,21H,4H2,1-3H3/t21-/m0/s1. The fourth-order valence-corrected chi connectivity index (χ4v) is 3.72. The number of benzene rings is 2. The molecule has 0 radical (unpaired) electrons. The number of ether oxygens (including phenoxy) is 1. The van der Waals surface area contributed by atoms with E-state index in [9.17, 15) is 9.18 Å². The second-order valence-corrected chi connectivity index (χ2v) is 7.25. The number of carbonyl (C=O) groups is 1. The number of methoxy groups -OCH3 is 1. The van der Waals surface area contributed by atoms with Crippen molar-refractivity contribution in [3.63, 3.8) is 0 Å². The minimum absolute atomic E-state index is 0.188. The monoisotopic (exact) mass is 418 g/mol. The predicted octanol–water partition coefficient (Wildman–Crippen LogP) is 4.77. The van der Waals surface area contributed by atoms with Gasteiger partial charge in [-0.25, -0.2) is 13.9 Å². The molecule has 0 fully saturated rings. The van der Waals surface area contributed by atoms with Gasteiger partial charge < -0.3 is 9.64 Å². The number of fused-ring (bicyclic) bond motifs is 1. The minimum atomic E-state index is -0.301. The van der Waals surface area contributed by atoms with Crippen molar-refractivity contribution in [1.29, 1.82) is 0 Å². The van der Waals surface area contributed by atoms with E-state index in [2.05, 4.69) is 10.1 Å². The van der Waals surface area contributed by atoms with E-state index in [-0.39, 0.29) is 17.8 Å². The van der Waals surface area contributed by atoms with Crippen molar-refractivity contribution in [1.82, 2.24) is 19.5 Å². The molecule has 0 unspecified atom stereocenters. The summed E-state index contributed by atoms with van der Waals surface area (Å²) in [6.07, 6.45) is 2.39. The zero-order valence-corrected chi connectivity index (χ0v) is 17.6. The first-order valence-electron chi connectivity index (χ1n) is 10.0. The van der Waals surface area contributed by atoms with E-state index < -0.39 is 0 Å². The van der Waals surface area contributed by atoms with Gasteiger partial charge in [0.1, 0.15) is 11.6 Å². The maximum absolute atomic E-state index is 13.3. The van der Waals surface area contributed by atoms with E-state index in [1.54, 1.807) is 48.0 Å². The fourth-order valence-electron chi connectivity index (χ4n) is 3.72. The van der Waals surface area contributed by atoms with Gasteiger partial charge in [0, 0.05) is 24.9 Å². The molecule has 0 saturated carbocycles. The summed E-state index contributed by atoms with van der Waals surface area (Å²) in [5, 5.41) is 4.55. The van der Waals surface area contributed by atoms with Gasteiger partial charge in [-0.2, -0.15) is 5.10 Å². The van der Waals surface area contributed by atoms with Crippen LogP contribution in [0.2, 0.25) is 0 Å². The van der Waals surface area contributed by atoms with Crippen molar-refractivity contribution in [2.45, 2.75) is 19.4 Å². The number of hydrogen-bond acceptors (Lipinski definition) is 4. The molecule has 4 rings (SSSR count). The molecule has 0 aliphatic heterocycles. The maximum Gasteiger partial charge on any atom is 0.274 e.